The number of hydrogen-bond acceptors (Lipinski definition) is 5. The SMILES string of the molecule is COc1cc(C2CC(=O)Nc3c2ncn3-c2cc(F)cc(F)c2)cc(OC)c1OC. The number of anilines is 1. The molecule has 0 bridgehead atoms. The van der Waals surface area contributed by atoms with E-state index in [4.69, 9.17) is 14.2 Å². The first-order chi connectivity index (χ1) is 14.4. The van der Waals surface area contributed by atoms with Gasteiger partial charge in [-0.15, -0.1) is 0 Å². The first kappa shape index (κ1) is 19.7. The highest BCUT2D eigenvalue weighted by atomic mass is 19.1. The van der Waals surface area contributed by atoms with Gasteiger partial charge in [-0.05, 0) is 29.8 Å². The van der Waals surface area contributed by atoms with E-state index in [1.54, 1.807) is 12.1 Å². The number of rotatable bonds is 5. The van der Waals surface area contributed by atoms with Crippen molar-refractivity contribution < 1.29 is 27.8 Å². The monoisotopic (exact) mass is 415 g/mol. The van der Waals surface area contributed by atoms with E-state index in [-0.39, 0.29) is 18.0 Å². The molecular formula is C21H19F2N3O4. The second kappa shape index (κ2) is 7.66. The summed E-state index contributed by atoms with van der Waals surface area (Å²) in [5.74, 6) is -0.425. The van der Waals surface area contributed by atoms with Gasteiger partial charge in [0.2, 0.25) is 11.7 Å². The molecule has 0 spiro atoms. The molecule has 1 N–H and O–H groups in total. The molecule has 1 amide bonds. The lowest BCUT2D eigenvalue weighted by atomic mass is 9.89. The second-order valence-corrected chi connectivity index (χ2v) is 6.74. The van der Waals surface area contributed by atoms with E-state index in [1.807, 2.05) is 0 Å². The Balaban J connectivity index is 1.84. The molecule has 0 aliphatic carbocycles. The maximum atomic E-state index is 13.7. The van der Waals surface area contributed by atoms with Crippen molar-refractivity contribution in [3.63, 3.8) is 0 Å². The van der Waals surface area contributed by atoms with E-state index in [2.05, 4.69) is 10.3 Å². The number of carbonyl (C=O) groups is 1. The lowest BCUT2D eigenvalue weighted by Crippen LogP contribution is -2.25. The largest absolute Gasteiger partial charge is 0.493 e. The van der Waals surface area contributed by atoms with Crippen molar-refractivity contribution in [2.45, 2.75) is 12.3 Å². The average Bonchev–Trinajstić information content (AvgIpc) is 3.15. The molecule has 1 unspecified atom stereocenters. The Kier molecular flexibility index (Phi) is 5.03. The van der Waals surface area contributed by atoms with Crippen molar-refractivity contribution in [1.29, 1.82) is 0 Å². The third-order valence-electron chi connectivity index (χ3n) is 4.99. The fraction of sp³-hybridized carbons (Fsp3) is 0.238. The molecule has 3 aromatic rings. The van der Waals surface area contributed by atoms with Crippen molar-refractivity contribution in [2.24, 2.45) is 0 Å². The molecule has 0 saturated heterocycles. The zero-order valence-corrected chi connectivity index (χ0v) is 16.5. The zero-order valence-electron chi connectivity index (χ0n) is 16.5. The first-order valence-corrected chi connectivity index (χ1v) is 9.08. The van der Waals surface area contributed by atoms with Gasteiger partial charge in [-0.3, -0.25) is 9.36 Å². The summed E-state index contributed by atoms with van der Waals surface area (Å²) in [6.45, 7) is 0. The summed E-state index contributed by atoms with van der Waals surface area (Å²) >= 11 is 0. The van der Waals surface area contributed by atoms with Crippen LogP contribution < -0.4 is 19.5 Å². The van der Waals surface area contributed by atoms with Gasteiger partial charge in [-0.25, -0.2) is 13.8 Å². The number of benzene rings is 2. The van der Waals surface area contributed by atoms with Gasteiger partial charge in [0.05, 0.1) is 32.7 Å². The number of hydrogen-bond donors (Lipinski definition) is 1. The first-order valence-electron chi connectivity index (χ1n) is 9.08. The van der Waals surface area contributed by atoms with Crippen LogP contribution in [-0.2, 0) is 4.79 Å². The summed E-state index contributed by atoms with van der Waals surface area (Å²) in [6, 6.07) is 6.63. The fourth-order valence-corrected chi connectivity index (χ4v) is 3.66. The van der Waals surface area contributed by atoms with Crippen LogP contribution in [0.5, 0.6) is 17.2 Å². The van der Waals surface area contributed by atoms with Gasteiger partial charge in [-0.2, -0.15) is 0 Å². The molecule has 30 heavy (non-hydrogen) atoms. The molecule has 1 aliphatic heterocycles. The third-order valence-corrected chi connectivity index (χ3v) is 4.99. The van der Waals surface area contributed by atoms with E-state index in [1.165, 1.54) is 44.4 Å². The summed E-state index contributed by atoms with van der Waals surface area (Å²) in [6.07, 6.45) is 1.57. The summed E-state index contributed by atoms with van der Waals surface area (Å²) in [5.41, 5.74) is 1.51. The fourth-order valence-electron chi connectivity index (χ4n) is 3.66. The summed E-state index contributed by atoms with van der Waals surface area (Å²) in [4.78, 5) is 16.9. The molecule has 1 aliphatic rings. The number of carbonyl (C=O) groups excluding carboxylic acids is 1. The second-order valence-electron chi connectivity index (χ2n) is 6.74. The van der Waals surface area contributed by atoms with Crippen LogP contribution in [0.15, 0.2) is 36.7 Å². The standard InChI is InChI=1S/C21H19F2N3O4/c1-28-16-4-11(5-17(29-2)20(16)30-3)15-9-18(27)25-21-19(15)24-10-26(21)14-7-12(22)6-13(23)8-14/h4-8,10,15H,9H2,1-3H3,(H,25,27). The molecule has 1 aromatic heterocycles. The van der Waals surface area contributed by atoms with Gasteiger partial charge in [0, 0.05) is 18.4 Å². The predicted octanol–water partition coefficient (Wildman–Crippen LogP) is 3.65. The molecule has 0 radical (unpaired) electrons. The van der Waals surface area contributed by atoms with Crippen LogP contribution in [0, 0.1) is 11.6 Å². The van der Waals surface area contributed by atoms with Crippen molar-refractivity contribution in [3.05, 3.63) is 59.6 Å². The highest BCUT2D eigenvalue weighted by molar-refractivity contribution is 5.94. The molecule has 0 fully saturated rings. The molecule has 4 rings (SSSR count). The van der Waals surface area contributed by atoms with Gasteiger partial charge in [-0.1, -0.05) is 0 Å². The van der Waals surface area contributed by atoms with Crippen LogP contribution in [0.2, 0.25) is 0 Å². The number of halogens is 2. The normalized spacial score (nSPS) is 15.4. The maximum absolute atomic E-state index is 13.7. The number of aromatic nitrogens is 2. The molecule has 9 heteroatoms. The Morgan fingerprint density at radius 2 is 1.63 bits per heavy atom. The van der Waals surface area contributed by atoms with Crippen molar-refractivity contribution in [2.75, 3.05) is 26.6 Å². The summed E-state index contributed by atoms with van der Waals surface area (Å²) in [5, 5.41) is 2.75. The van der Waals surface area contributed by atoms with E-state index in [9.17, 15) is 13.6 Å². The summed E-state index contributed by atoms with van der Waals surface area (Å²) in [7, 11) is 4.52. The number of amides is 1. The molecule has 1 atom stereocenters. The van der Waals surface area contributed by atoms with Crippen molar-refractivity contribution in [3.8, 4) is 22.9 Å². The lowest BCUT2D eigenvalue weighted by molar-refractivity contribution is -0.116. The third kappa shape index (κ3) is 3.32. The molecule has 0 saturated carbocycles. The highest BCUT2D eigenvalue weighted by Gasteiger charge is 2.32. The number of ether oxygens (including phenoxy) is 3. The van der Waals surface area contributed by atoms with Gasteiger partial charge in [0.1, 0.15) is 23.8 Å². The number of nitrogens with zero attached hydrogens (tertiary/aromatic N) is 2. The van der Waals surface area contributed by atoms with Gasteiger partial charge < -0.3 is 19.5 Å². The maximum Gasteiger partial charge on any atom is 0.226 e. The highest BCUT2D eigenvalue weighted by Crippen LogP contribution is 2.44. The smallest absolute Gasteiger partial charge is 0.226 e. The van der Waals surface area contributed by atoms with Crippen LogP contribution >= 0.6 is 0 Å². The van der Waals surface area contributed by atoms with Crippen LogP contribution in [0.4, 0.5) is 14.6 Å². The Labute approximate surface area is 171 Å². The van der Waals surface area contributed by atoms with Crippen LogP contribution in [0.1, 0.15) is 23.6 Å². The molecule has 2 aromatic carbocycles. The Bertz CT molecular complexity index is 1080. The molecular weight excluding hydrogens is 396 g/mol. The Morgan fingerprint density at radius 3 is 2.20 bits per heavy atom. The predicted molar refractivity (Wildman–Crippen MR) is 105 cm³/mol. The summed E-state index contributed by atoms with van der Waals surface area (Å²) < 4.78 is 45.0. The minimum atomic E-state index is -0.726. The zero-order chi connectivity index (χ0) is 21.4. The van der Waals surface area contributed by atoms with Crippen LogP contribution in [0.25, 0.3) is 5.69 Å². The number of nitrogens with one attached hydrogen (secondary N) is 1. The Hall–Kier alpha value is -3.62. The lowest BCUT2D eigenvalue weighted by Gasteiger charge is -2.24. The minimum absolute atomic E-state index is 0.139. The molecule has 7 nitrogen and oxygen atoms in total. The van der Waals surface area contributed by atoms with Gasteiger partial charge in [0.15, 0.2) is 11.5 Å². The van der Waals surface area contributed by atoms with Gasteiger partial charge in [0.25, 0.3) is 0 Å². The molecule has 156 valence electrons. The number of methoxy groups -OCH3 is 3. The van der Waals surface area contributed by atoms with E-state index in [0.717, 1.165) is 11.6 Å². The number of imidazole rings is 1. The topological polar surface area (TPSA) is 74.6 Å². The Morgan fingerprint density at radius 1 is 1.00 bits per heavy atom. The van der Waals surface area contributed by atoms with E-state index < -0.39 is 17.6 Å². The van der Waals surface area contributed by atoms with Crippen molar-refractivity contribution >= 4 is 11.7 Å². The number of fused-ring (bicyclic) bond motifs is 1. The van der Waals surface area contributed by atoms with Gasteiger partial charge >= 0.3 is 0 Å². The van der Waals surface area contributed by atoms with E-state index in [0.29, 0.717) is 28.8 Å². The quantitative estimate of drug-likeness (QED) is 0.689. The molecule has 2 heterocycles. The van der Waals surface area contributed by atoms with Crippen LogP contribution in [-0.4, -0.2) is 36.8 Å². The van der Waals surface area contributed by atoms with Crippen molar-refractivity contribution in [1.82, 2.24) is 9.55 Å². The minimum Gasteiger partial charge on any atom is -0.493 e. The van der Waals surface area contributed by atoms with E-state index >= 15 is 0 Å². The average molecular weight is 415 g/mol. The van der Waals surface area contributed by atoms with Crippen LogP contribution in [0.3, 0.4) is 0 Å².